The summed E-state index contributed by atoms with van der Waals surface area (Å²) in [6, 6.07) is 0. The molecule has 0 amide bonds. The molecule has 0 unspecified atom stereocenters. The Kier molecular flexibility index (Phi) is 11.7. The normalized spacial score (nSPS) is 11.8. The van der Waals surface area contributed by atoms with E-state index in [1.54, 1.807) is 11.8 Å². The van der Waals surface area contributed by atoms with Crippen LogP contribution >= 0.6 is 11.8 Å². The third kappa shape index (κ3) is 11.8. The van der Waals surface area contributed by atoms with Crippen LogP contribution in [0.2, 0.25) is 0 Å². The quantitative estimate of drug-likeness (QED) is 0.487. The molecule has 0 rings (SSSR count). The number of hydrogen-bond acceptors (Lipinski definition) is 1. The van der Waals surface area contributed by atoms with Crippen LogP contribution in [0.3, 0.4) is 0 Å². The summed E-state index contributed by atoms with van der Waals surface area (Å²) >= 11 is 1.79. The number of hydrogen-bond donors (Lipinski definition) is 0. The first-order valence-corrected chi connectivity index (χ1v) is 6.31. The van der Waals surface area contributed by atoms with Gasteiger partial charge in [-0.2, -0.15) is 0 Å². The molecule has 0 aromatic rings. The number of unbranched alkanes of at least 4 members (excludes halogenated alkanes) is 4. The van der Waals surface area contributed by atoms with Crippen molar-refractivity contribution in [3.63, 3.8) is 0 Å². The summed E-state index contributed by atoms with van der Waals surface area (Å²) in [5.41, 5.74) is 0. The van der Waals surface area contributed by atoms with E-state index in [-0.39, 0.29) is 0 Å². The highest BCUT2D eigenvalue weighted by Crippen LogP contribution is 2.07. The van der Waals surface area contributed by atoms with Crippen molar-refractivity contribution in [2.24, 2.45) is 0 Å². The Morgan fingerprint density at radius 1 is 0.846 bits per heavy atom. The van der Waals surface area contributed by atoms with E-state index < -0.39 is 0 Å². The first-order valence-electron chi connectivity index (χ1n) is 5.37. The zero-order valence-corrected chi connectivity index (χ0v) is 9.78. The molecule has 0 fully saturated rings. The van der Waals surface area contributed by atoms with Crippen molar-refractivity contribution in [1.29, 1.82) is 0 Å². The third-order valence-electron chi connectivity index (χ3n) is 1.80. The van der Waals surface area contributed by atoms with Crippen molar-refractivity contribution in [2.75, 3.05) is 0 Å². The van der Waals surface area contributed by atoms with E-state index >= 15 is 0 Å². The molecule has 0 saturated heterocycles. The largest absolute Gasteiger partial charge is 0.107 e. The molecule has 0 aromatic heterocycles. The summed E-state index contributed by atoms with van der Waals surface area (Å²) in [7, 11) is 0. The highest BCUT2D eigenvalue weighted by Gasteiger charge is 1.78. The van der Waals surface area contributed by atoms with Crippen LogP contribution in [0.25, 0.3) is 0 Å². The molecular formula is C12H22S. The van der Waals surface area contributed by atoms with Crippen molar-refractivity contribution in [3.8, 4) is 0 Å². The Hall–Kier alpha value is -0.170. The van der Waals surface area contributed by atoms with Gasteiger partial charge in [0.15, 0.2) is 0 Å². The molecule has 0 radical (unpaired) electrons. The Labute approximate surface area is 87.5 Å². The summed E-state index contributed by atoms with van der Waals surface area (Å²) in [5, 5.41) is 4.39. The molecule has 0 nitrogen and oxygen atoms in total. The van der Waals surface area contributed by atoms with Crippen LogP contribution < -0.4 is 0 Å². The maximum Gasteiger partial charge on any atom is -0.0288 e. The molecule has 0 aliphatic rings. The minimum atomic E-state index is 1.23. The van der Waals surface area contributed by atoms with E-state index in [0.717, 1.165) is 0 Å². The lowest BCUT2D eigenvalue weighted by Gasteiger charge is -1.88. The molecule has 0 bridgehead atoms. The van der Waals surface area contributed by atoms with E-state index in [0.29, 0.717) is 0 Å². The smallest absolute Gasteiger partial charge is 0.0288 e. The maximum absolute atomic E-state index is 2.26. The Morgan fingerprint density at radius 2 is 1.31 bits per heavy atom. The molecule has 1 heteroatoms. The van der Waals surface area contributed by atoms with Gasteiger partial charge in [0.2, 0.25) is 0 Å². The van der Waals surface area contributed by atoms with Crippen molar-refractivity contribution in [3.05, 3.63) is 23.0 Å². The van der Waals surface area contributed by atoms with Crippen LogP contribution in [0.15, 0.2) is 23.0 Å². The molecule has 0 spiro atoms. The van der Waals surface area contributed by atoms with Gasteiger partial charge in [-0.25, -0.2) is 0 Å². The van der Waals surface area contributed by atoms with Crippen LogP contribution in [-0.2, 0) is 0 Å². The van der Waals surface area contributed by atoms with Crippen molar-refractivity contribution in [2.45, 2.75) is 52.4 Å². The Balaban J connectivity index is 3.13. The van der Waals surface area contributed by atoms with Crippen LogP contribution in [-0.4, -0.2) is 0 Å². The summed E-state index contributed by atoms with van der Waals surface area (Å²) in [4.78, 5) is 0. The van der Waals surface area contributed by atoms with Gasteiger partial charge in [0, 0.05) is 0 Å². The SMILES string of the molecule is CCCC/C=C\S/C=C\CCCC. The van der Waals surface area contributed by atoms with Gasteiger partial charge < -0.3 is 0 Å². The minimum absolute atomic E-state index is 1.23. The molecule has 0 atom stereocenters. The lowest BCUT2D eigenvalue weighted by Crippen LogP contribution is -1.65. The Morgan fingerprint density at radius 3 is 1.69 bits per heavy atom. The van der Waals surface area contributed by atoms with Gasteiger partial charge in [-0.05, 0) is 23.7 Å². The van der Waals surface area contributed by atoms with Crippen LogP contribution in [0.4, 0.5) is 0 Å². The monoisotopic (exact) mass is 198 g/mol. The molecule has 13 heavy (non-hydrogen) atoms. The van der Waals surface area contributed by atoms with E-state index in [4.69, 9.17) is 0 Å². The molecule has 0 N–H and O–H groups in total. The zero-order chi connectivity index (χ0) is 9.78. The average Bonchev–Trinajstić information content (AvgIpc) is 2.16. The van der Waals surface area contributed by atoms with E-state index in [2.05, 4.69) is 36.8 Å². The van der Waals surface area contributed by atoms with Gasteiger partial charge >= 0.3 is 0 Å². The predicted octanol–water partition coefficient (Wildman–Crippen LogP) is 5.13. The van der Waals surface area contributed by atoms with Crippen molar-refractivity contribution in [1.82, 2.24) is 0 Å². The average molecular weight is 198 g/mol. The minimum Gasteiger partial charge on any atom is -0.107 e. The molecule has 0 aromatic carbocycles. The fourth-order valence-electron chi connectivity index (χ4n) is 0.937. The summed E-state index contributed by atoms with van der Waals surface area (Å²) < 4.78 is 0. The molecular weight excluding hydrogens is 176 g/mol. The molecule has 0 aliphatic heterocycles. The van der Waals surface area contributed by atoms with Crippen LogP contribution in [0.5, 0.6) is 0 Å². The molecule has 76 valence electrons. The summed E-state index contributed by atoms with van der Waals surface area (Å²) in [5.74, 6) is 0. The van der Waals surface area contributed by atoms with E-state index in [1.807, 2.05) is 0 Å². The van der Waals surface area contributed by atoms with Gasteiger partial charge in [-0.1, -0.05) is 51.7 Å². The van der Waals surface area contributed by atoms with Gasteiger partial charge in [0.05, 0.1) is 0 Å². The van der Waals surface area contributed by atoms with Crippen LogP contribution in [0, 0.1) is 0 Å². The van der Waals surface area contributed by atoms with Gasteiger partial charge in [-0.15, -0.1) is 11.8 Å². The first kappa shape index (κ1) is 12.8. The summed E-state index contributed by atoms with van der Waals surface area (Å²) in [6.45, 7) is 4.46. The number of rotatable bonds is 8. The first-order chi connectivity index (χ1) is 6.41. The highest BCUT2D eigenvalue weighted by atomic mass is 32.2. The lowest BCUT2D eigenvalue weighted by molar-refractivity contribution is 0.815. The van der Waals surface area contributed by atoms with Gasteiger partial charge in [0.1, 0.15) is 0 Å². The highest BCUT2D eigenvalue weighted by molar-refractivity contribution is 8.04. The van der Waals surface area contributed by atoms with Crippen molar-refractivity contribution < 1.29 is 0 Å². The van der Waals surface area contributed by atoms with Gasteiger partial charge in [0.25, 0.3) is 0 Å². The molecule has 0 aliphatic carbocycles. The van der Waals surface area contributed by atoms with E-state index in [9.17, 15) is 0 Å². The second-order valence-corrected chi connectivity index (χ2v) is 3.98. The molecule has 0 saturated carbocycles. The zero-order valence-electron chi connectivity index (χ0n) is 8.96. The predicted molar refractivity (Wildman–Crippen MR) is 64.9 cm³/mol. The second kappa shape index (κ2) is 11.8. The second-order valence-electron chi connectivity index (χ2n) is 3.16. The maximum atomic E-state index is 2.26. The molecule has 0 heterocycles. The van der Waals surface area contributed by atoms with Gasteiger partial charge in [-0.3, -0.25) is 0 Å². The third-order valence-corrected chi connectivity index (χ3v) is 2.50. The summed E-state index contributed by atoms with van der Waals surface area (Å²) in [6.07, 6.45) is 12.2. The number of allylic oxidation sites excluding steroid dienone is 2. The topological polar surface area (TPSA) is 0 Å². The lowest BCUT2D eigenvalue weighted by atomic mass is 10.2. The van der Waals surface area contributed by atoms with Crippen molar-refractivity contribution >= 4 is 11.8 Å². The standard InChI is InChI=1S/C12H22S/c1-3-5-7-9-11-13-12-10-8-6-4-2/h9-12H,3-8H2,1-2H3/b11-9-,12-10-. The van der Waals surface area contributed by atoms with E-state index in [1.165, 1.54) is 38.5 Å². The fourth-order valence-corrected chi connectivity index (χ4v) is 1.52. The fraction of sp³-hybridized carbons (Fsp3) is 0.667. The van der Waals surface area contributed by atoms with Crippen LogP contribution in [0.1, 0.15) is 52.4 Å². The number of thioether (sulfide) groups is 1. The Bertz CT molecular complexity index is 120.